The van der Waals surface area contributed by atoms with Crippen LogP contribution in [0.5, 0.6) is 5.75 Å². The Balaban J connectivity index is 1.72. The average Bonchev–Trinajstić information content (AvgIpc) is 3.28. The molecule has 8 heteroatoms. The zero-order valence-electron chi connectivity index (χ0n) is 13.9. The predicted molar refractivity (Wildman–Crippen MR) is 97.9 cm³/mol. The molecular weight excluding hydrogens is 360 g/mol. The van der Waals surface area contributed by atoms with Gasteiger partial charge in [-0.2, -0.15) is 0 Å². The predicted octanol–water partition coefficient (Wildman–Crippen LogP) is 3.18. The molecule has 1 amide bonds. The van der Waals surface area contributed by atoms with Crippen molar-refractivity contribution in [1.82, 2.24) is 4.90 Å². The number of carbonyl (C=O) groups is 1. The normalized spacial score (nSPS) is 14.5. The van der Waals surface area contributed by atoms with E-state index in [1.165, 1.54) is 6.07 Å². The third kappa shape index (κ3) is 4.13. The minimum atomic E-state index is -3.72. The second-order valence-corrected chi connectivity index (χ2v) is 8.67. The molecule has 6 nitrogen and oxygen atoms in total. The number of nitrogens with one attached hydrogen (secondary N) is 1. The van der Waals surface area contributed by atoms with Crippen LogP contribution in [-0.4, -0.2) is 38.9 Å². The summed E-state index contributed by atoms with van der Waals surface area (Å²) in [5.41, 5.74) is 0.448. The van der Waals surface area contributed by atoms with E-state index in [9.17, 15) is 13.2 Å². The van der Waals surface area contributed by atoms with Crippen molar-refractivity contribution in [2.24, 2.45) is 0 Å². The Morgan fingerprint density at radius 1 is 1.16 bits per heavy atom. The van der Waals surface area contributed by atoms with Gasteiger partial charge in [0.15, 0.2) is 0 Å². The molecule has 1 aliphatic heterocycles. The Hall–Kier alpha value is -2.06. The standard InChI is InChI=1S/C17H20N2O4S2/c1-2-23-14-7-5-13(6-8-14)18-25(21,22)16-10-9-15(24-16)17(20)19-11-3-4-12-19/h5-10,18H,2-4,11-12H2,1H3. The summed E-state index contributed by atoms with van der Waals surface area (Å²) in [5.74, 6) is 0.588. The number of amides is 1. The molecule has 2 aromatic rings. The van der Waals surface area contributed by atoms with E-state index in [0.717, 1.165) is 37.3 Å². The molecule has 1 fully saturated rings. The Morgan fingerprint density at radius 3 is 2.48 bits per heavy atom. The van der Waals surface area contributed by atoms with Crippen LogP contribution in [0.15, 0.2) is 40.6 Å². The number of ether oxygens (including phenoxy) is 1. The van der Waals surface area contributed by atoms with E-state index < -0.39 is 10.0 Å². The highest BCUT2D eigenvalue weighted by atomic mass is 32.2. The maximum absolute atomic E-state index is 12.5. The smallest absolute Gasteiger partial charge is 0.271 e. The van der Waals surface area contributed by atoms with Crippen LogP contribution in [0, 0.1) is 0 Å². The van der Waals surface area contributed by atoms with Crippen molar-refractivity contribution < 1.29 is 17.9 Å². The quantitative estimate of drug-likeness (QED) is 0.835. The number of carbonyl (C=O) groups excluding carboxylic acids is 1. The number of thiophene rings is 1. The van der Waals surface area contributed by atoms with Gasteiger partial charge in [-0.1, -0.05) is 0 Å². The van der Waals surface area contributed by atoms with Crippen molar-refractivity contribution in [3.8, 4) is 5.75 Å². The minimum absolute atomic E-state index is 0.0926. The SMILES string of the molecule is CCOc1ccc(NS(=O)(=O)c2ccc(C(=O)N3CCCC3)s2)cc1. The highest BCUT2D eigenvalue weighted by molar-refractivity contribution is 7.94. The molecule has 0 saturated carbocycles. The lowest BCUT2D eigenvalue weighted by Crippen LogP contribution is -2.26. The molecule has 1 N–H and O–H groups in total. The Kier molecular flexibility index (Phi) is 5.29. The monoisotopic (exact) mass is 380 g/mol. The van der Waals surface area contributed by atoms with Crippen molar-refractivity contribution in [3.63, 3.8) is 0 Å². The van der Waals surface area contributed by atoms with Gasteiger partial charge in [-0.3, -0.25) is 9.52 Å². The molecule has 1 aromatic heterocycles. The van der Waals surface area contributed by atoms with E-state index in [1.807, 2.05) is 6.92 Å². The number of hydrogen-bond donors (Lipinski definition) is 1. The van der Waals surface area contributed by atoms with E-state index in [0.29, 0.717) is 22.9 Å². The number of likely N-dealkylation sites (tertiary alicyclic amines) is 1. The average molecular weight is 380 g/mol. The molecule has 0 spiro atoms. The number of benzene rings is 1. The topological polar surface area (TPSA) is 75.7 Å². The lowest BCUT2D eigenvalue weighted by Gasteiger charge is -2.13. The van der Waals surface area contributed by atoms with Crippen LogP contribution in [0.25, 0.3) is 0 Å². The molecule has 0 unspecified atom stereocenters. The second kappa shape index (κ2) is 7.45. The van der Waals surface area contributed by atoms with Crippen molar-refractivity contribution in [1.29, 1.82) is 0 Å². The van der Waals surface area contributed by atoms with Gasteiger partial charge >= 0.3 is 0 Å². The fourth-order valence-corrected chi connectivity index (χ4v) is 4.98. The zero-order chi connectivity index (χ0) is 17.9. The summed E-state index contributed by atoms with van der Waals surface area (Å²) >= 11 is 0.999. The summed E-state index contributed by atoms with van der Waals surface area (Å²) < 4.78 is 33.0. The van der Waals surface area contributed by atoms with E-state index in [-0.39, 0.29) is 10.1 Å². The highest BCUT2D eigenvalue weighted by Gasteiger charge is 2.24. The summed E-state index contributed by atoms with van der Waals surface area (Å²) in [6.07, 6.45) is 2.00. The summed E-state index contributed by atoms with van der Waals surface area (Å²) in [4.78, 5) is 14.6. The van der Waals surface area contributed by atoms with Gasteiger partial charge in [0, 0.05) is 18.8 Å². The molecule has 0 radical (unpaired) electrons. The van der Waals surface area contributed by atoms with Crippen LogP contribution in [0.2, 0.25) is 0 Å². The number of hydrogen-bond acceptors (Lipinski definition) is 5. The number of nitrogens with zero attached hydrogens (tertiary/aromatic N) is 1. The summed E-state index contributed by atoms with van der Waals surface area (Å²) in [6, 6.07) is 9.76. The number of sulfonamides is 1. The molecule has 3 rings (SSSR count). The Morgan fingerprint density at radius 2 is 1.84 bits per heavy atom. The molecular formula is C17H20N2O4S2. The Bertz CT molecular complexity index is 838. The fraction of sp³-hybridized carbons (Fsp3) is 0.353. The van der Waals surface area contributed by atoms with Gasteiger partial charge in [-0.15, -0.1) is 11.3 Å². The van der Waals surface area contributed by atoms with Crippen molar-refractivity contribution in [3.05, 3.63) is 41.3 Å². The molecule has 1 aromatic carbocycles. The Labute approximate surface area is 151 Å². The summed E-state index contributed by atoms with van der Waals surface area (Å²) in [7, 11) is -3.72. The van der Waals surface area contributed by atoms with Crippen LogP contribution in [-0.2, 0) is 10.0 Å². The van der Waals surface area contributed by atoms with E-state index in [4.69, 9.17) is 4.74 Å². The first-order valence-electron chi connectivity index (χ1n) is 8.14. The molecule has 2 heterocycles. The van der Waals surface area contributed by atoms with Crippen LogP contribution >= 0.6 is 11.3 Å². The first-order valence-corrected chi connectivity index (χ1v) is 10.4. The third-order valence-electron chi connectivity index (χ3n) is 3.87. The van der Waals surface area contributed by atoms with Gasteiger partial charge in [0.25, 0.3) is 15.9 Å². The van der Waals surface area contributed by atoms with Crippen molar-refractivity contribution in [2.75, 3.05) is 24.4 Å². The van der Waals surface area contributed by atoms with Gasteiger partial charge in [0.1, 0.15) is 9.96 Å². The van der Waals surface area contributed by atoms with Crippen molar-refractivity contribution in [2.45, 2.75) is 24.0 Å². The van der Waals surface area contributed by atoms with E-state index >= 15 is 0 Å². The summed E-state index contributed by atoms with van der Waals surface area (Å²) in [5, 5.41) is 0. The minimum Gasteiger partial charge on any atom is -0.494 e. The van der Waals surface area contributed by atoms with Gasteiger partial charge in [-0.05, 0) is 56.2 Å². The van der Waals surface area contributed by atoms with Crippen LogP contribution in [0.4, 0.5) is 5.69 Å². The first kappa shape index (κ1) is 17.8. The lowest BCUT2D eigenvalue weighted by atomic mass is 10.3. The van der Waals surface area contributed by atoms with Crippen LogP contribution in [0.1, 0.15) is 29.4 Å². The van der Waals surface area contributed by atoms with Gasteiger partial charge in [0.05, 0.1) is 11.5 Å². The van der Waals surface area contributed by atoms with E-state index in [2.05, 4.69) is 4.72 Å². The van der Waals surface area contributed by atoms with Crippen LogP contribution in [0.3, 0.4) is 0 Å². The zero-order valence-corrected chi connectivity index (χ0v) is 15.5. The second-order valence-electron chi connectivity index (χ2n) is 5.68. The third-order valence-corrected chi connectivity index (χ3v) is 6.81. The van der Waals surface area contributed by atoms with Crippen LogP contribution < -0.4 is 9.46 Å². The first-order chi connectivity index (χ1) is 12.0. The molecule has 134 valence electrons. The summed E-state index contributed by atoms with van der Waals surface area (Å²) in [6.45, 7) is 3.91. The number of rotatable bonds is 6. The molecule has 1 aliphatic rings. The highest BCUT2D eigenvalue weighted by Crippen LogP contribution is 2.26. The van der Waals surface area contributed by atoms with Gasteiger partial charge in [0.2, 0.25) is 0 Å². The molecule has 0 aliphatic carbocycles. The molecule has 0 bridgehead atoms. The largest absolute Gasteiger partial charge is 0.494 e. The lowest BCUT2D eigenvalue weighted by molar-refractivity contribution is 0.0797. The van der Waals surface area contributed by atoms with E-state index in [1.54, 1.807) is 35.2 Å². The number of anilines is 1. The van der Waals surface area contributed by atoms with Gasteiger partial charge in [-0.25, -0.2) is 8.42 Å². The fourth-order valence-electron chi connectivity index (χ4n) is 2.65. The maximum atomic E-state index is 12.5. The molecule has 25 heavy (non-hydrogen) atoms. The maximum Gasteiger partial charge on any atom is 0.271 e. The molecule has 0 atom stereocenters. The van der Waals surface area contributed by atoms with Gasteiger partial charge < -0.3 is 9.64 Å². The van der Waals surface area contributed by atoms with Crippen molar-refractivity contribution >= 4 is 33.0 Å². The molecule has 1 saturated heterocycles.